The fraction of sp³-hybridized carbons (Fsp3) is 0.750. The summed E-state index contributed by atoms with van der Waals surface area (Å²) in [7, 11) is 0. The largest absolute Gasteiger partial charge is 0.466 e. The maximum atomic E-state index is 11.4. The van der Waals surface area contributed by atoms with Crippen molar-refractivity contribution >= 4 is 17.9 Å². The zero-order valence-corrected chi connectivity index (χ0v) is 10.6. The summed E-state index contributed by atoms with van der Waals surface area (Å²) in [5.74, 6) is -1.66. The summed E-state index contributed by atoms with van der Waals surface area (Å²) in [6.45, 7) is 4.01. The standard InChI is InChI=1S/C12H18O6/c1-3-16-10(13)4-5-11(14)18-8(2)9-6-7-17-12(9)15/h8-9H,3-7H2,1-2H3. The molecular weight excluding hydrogens is 240 g/mol. The molecule has 0 aromatic heterocycles. The average Bonchev–Trinajstić information content (AvgIpc) is 2.73. The van der Waals surface area contributed by atoms with Gasteiger partial charge in [0, 0.05) is 0 Å². The van der Waals surface area contributed by atoms with Crippen molar-refractivity contribution in [3.05, 3.63) is 0 Å². The van der Waals surface area contributed by atoms with Crippen molar-refractivity contribution in [3.8, 4) is 0 Å². The van der Waals surface area contributed by atoms with E-state index in [1.807, 2.05) is 0 Å². The molecular formula is C12H18O6. The molecule has 1 saturated heterocycles. The molecule has 1 aliphatic heterocycles. The lowest BCUT2D eigenvalue weighted by molar-refractivity contribution is -0.157. The number of cyclic esters (lactones) is 1. The third-order valence-corrected chi connectivity index (χ3v) is 2.70. The van der Waals surface area contributed by atoms with Crippen LogP contribution in [0.4, 0.5) is 0 Å². The number of carbonyl (C=O) groups excluding carboxylic acids is 3. The predicted molar refractivity (Wildman–Crippen MR) is 60.5 cm³/mol. The van der Waals surface area contributed by atoms with Crippen LogP contribution in [0.1, 0.15) is 33.1 Å². The second kappa shape index (κ2) is 6.98. The SMILES string of the molecule is CCOC(=O)CCC(=O)OC(C)C1CCOC1=O. The normalized spacial score (nSPS) is 20.1. The molecule has 18 heavy (non-hydrogen) atoms. The Morgan fingerprint density at radius 3 is 2.61 bits per heavy atom. The fourth-order valence-electron chi connectivity index (χ4n) is 1.72. The Hall–Kier alpha value is -1.59. The minimum absolute atomic E-state index is 0.00545. The summed E-state index contributed by atoms with van der Waals surface area (Å²) in [4.78, 5) is 33.7. The van der Waals surface area contributed by atoms with E-state index in [0.29, 0.717) is 13.0 Å². The van der Waals surface area contributed by atoms with Gasteiger partial charge in [-0.1, -0.05) is 0 Å². The molecule has 0 aromatic rings. The Morgan fingerprint density at radius 1 is 1.39 bits per heavy atom. The van der Waals surface area contributed by atoms with Gasteiger partial charge in [0.05, 0.1) is 32.0 Å². The first-order chi connectivity index (χ1) is 8.54. The van der Waals surface area contributed by atoms with E-state index in [4.69, 9.17) is 14.2 Å². The highest BCUT2D eigenvalue weighted by atomic mass is 16.6. The quantitative estimate of drug-likeness (QED) is 0.518. The first-order valence-corrected chi connectivity index (χ1v) is 6.06. The van der Waals surface area contributed by atoms with Crippen LogP contribution in [0.25, 0.3) is 0 Å². The first-order valence-electron chi connectivity index (χ1n) is 6.06. The average molecular weight is 258 g/mol. The van der Waals surface area contributed by atoms with E-state index < -0.39 is 24.0 Å². The summed E-state index contributed by atoms with van der Waals surface area (Å²) < 4.78 is 14.6. The van der Waals surface area contributed by atoms with Gasteiger partial charge in [0.15, 0.2) is 0 Å². The lowest BCUT2D eigenvalue weighted by Crippen LogP contribution is -2.27. The van der Waals surface area contributed by atoms with Crippen molar-refractivity contribution in [3.63, 3.8) is 0 Å². The van der Waals surface area contributed by atoms with Crippen molar-refractivity contribution in [1.29, 1.82) is 0 Å². The van der Waals surface area contributed by atoms with E-state index in [2.05, 4.69) is 0 Å². The molecule has 0 radical (unpaired) electrons. The molecule has 2 unspecified atom stereocenters. The van der Waals surface area contributed by atoms with Crippen molar-refractivity contribution in [2.45, 2.75) is 39.2 Å². The van der Waals surface area contributed by atoms with E-state index in [1.54, 1.807) is 13.8 Å². The van der Waals surface area contributed by atoms with Crippen LogP contribution in [0, 0.1) is 5.92 Å². The molecule has 1 rings (SSSR count). The minimum Gasteiger partial charge on any atom is -0.466 e. The third-order valence-electron chi connectivity index (χ3n) is 2.70. The van der Waals surface area contributed by atoms with Gasteiger partial charge in [0.2, 0.25) is 0 Å². The summed E-state index contributed by atoms with van der Waals surface area (Å²) in [6.07, 6.45) is -0.000344. The summed E-state index contributed by atoms with van der Waals surface area (Å²) in [5.41, 5.74) is 0. The summed E-state index contributed by atoms with van der Waals surface area (Å²) >= 11 is 0. The molecule has 0 saturated carbocycles. The molecule has 0 amide bonds. The maximum absolute atomic E-state index is 11.4. The van der Waals surface area contributed by atoms with Gasteiger partial charge in [-0.25, -0.2) is 0 Å². The molecule has 0 bridgehead atoms. The van der Waals surface area contributed by atoms with Crippen LogP contribution < -0.4 is 0 Å². The lowest BCUT2D eigenvalue weighted by atomic mass is 10.0. The van der Waals surface area contributed by atoms with Crippen LogP contribution in [-0.4, -0.2) is 37.2 Å². The second-order valence-electron chi connectivity index (χ2n) is 4.06. The highest BCUT2D eigenvalue weighted by molar-refractivity contribution is 5.78. The number of hydrogen-bond donors (Lipinski definition) is 0. The highest BCUT2D eigenvalue weighted by Gasteiger charge is 2.33. The minimum atomic E-state index is -0.519. The topological polar surface area (TPSA) is 78.9 Å². The molecule has 6 nitrogen and oxygen atoms in total. The molecule has 1 heterocycles. The van der Waals surface area contributed by atoms with Crippen molar-refractivity contribution in [2.75, 3.05) is 13.2 Å². The predicted octanol–water partition coefficient (Wildman–Crippen LogP) is 0.824. The van der Waals surface area contributed by atoms with Gasteiger partial charge in [-0.2, -0.15) is 0 Å². The van der Waals surface area contributed by atoms with Gasteiger partial charge >= 0.3 is 17.9 Å². The van der Waals surface area contributed by atoms with Gasteiger partial charge in [0.1, 0.15) is 6.10 Å². The molecule has 1 aliphatic rings. The summed E-state index contributed by atoms with van der Waals surface area (Å²) in [5, 5.41) is 0. The molecule has 6 heteroatoms. The van der Waals surface area contributed by atoms with E-state index in [0.717, 1.165) is 0 Å². The highest BCUT2D eigenvalue weighted by Crippen LogP contribution is 2.20. The van der Waals surface area contributed by atoms with Crippen LogP contribution in [-0.2, 0) is 28.6 Å². The van der Waals surface area contributed by atoms with Crippen LogP contribution in [0.5, 0.6) is 0 Å². The number of hydrogen-bond acceptors (Lipinski definition) is 6. The van der Waals surface area contributed by atoms with Crippen molar-refractivity contribution in [1.82, 2.24) is 0 Å². The van der Waals surface area contributed by atoms with Gasteiger partial charge in [-0.05, 0) is 20.3 Å². The Balaban J connectivity index is 2.27. The Morgan fingerprint density at radius 2 is 2.06 bits per heavy atom. The molecule has 0 aliphatic carbocycles. The molecule has 0 spiro atoms. The van der Waals surface area contributed by atoms with E-state index in [-0.39, 0.29) is 25.4 Å². The molecule has 2 atom stereocenters. The smallest absolute Gasteiger partial charge is 0.312 e. The Kier molecular flexibility index (Phi) is 5.61. The fourth-order valence-corrected chi connectivity index (χ4v) is 1.72. The molecule has 102 valence electrons. The van der Waals surface area contributed by atoms with E-state index in [1.165, 1.54) is 0 Å². The van der Waals surface area contributed by atoms with E-state index in [9.17, 15) is 14.4 Å². The number of esters is 3. The van der Waals surface area contributed by atoms with Crippen LogP contribution in [0.15, 0.2) is 0 Å². The maximum Gasteiger partial charge on any atom is 0.312 e. The lowest BCUT2D eigenvalue weighted by Gasteiger charge is -2.16. The number of ether oxygens (including phenoxy) is 3. The van der Waals surface area contributed by atoms with Crippen LogP contribution in [0.2, 0.25) is 0 Å². The Labute approximate surface area is 106 Å². The number of rotatable bonds is 6. The Bertz CT molecular complexity index is 325. The molecule has 0 aromatic carbocycles. The van der Waals surface area contributed by atoms with Gasteiger partial charge in [0.25, 0.3) is 0 Å². The molecule has 0 N–H and O–H groups in total. The van der Waals surface area contributed by atoms with Crippen molar-refractivity contribution in [2.24, 2.45) is 5.92 Å². The van der Waals surface area contributed by atoms with Crippen LogP contribution in [0.3, 0.4) is 0 Å². The number of carbonyl (C=O) groups is 3. The van der Waals surface area contributed by atoms with Gasteiger partial charge in [-0.3, -0.25) is 14.4 Å². The van der Waals surface area contributed by atoms with E-state index >= 15 is 0 Å². The first kappa shape index (κ1) is 14.5. The summed E-state index contributed by atoms with van der Waals surface area (Å²) in [6, 6.07) is 0. The monoisotopic (exact) mass is 258 g/mol. The zero-order valence-electron chi connectivity index (χ0n) is 10.6. The van der Waals surface area contributed by atoms with Crippen molar-refractivity contribution < 1.29 is 28.6 Å². The van der Waals surface area contributed by atoms with Gasteiger partial charge < -0.3 is 14.2 Å². The second-order valence-corrected chi connectivity index (χ2v) is 4.06. The third kappa shape index (κ3) is 4.35. The zero-order chi connectivity index (χ0) is 13.5. The van der Waals surface area contributed by atoms with Gasteiger partial charge in [-0.15, -0.1) is 0 Å². The molecule has 1 fully saturated rings. The van der Waals surface area contributed by atoms with Crippen LogP contribution >= 0.6 is 0 Å².